The molecular formula is C13H17FN4O2. The number of nitrogens with one attached hydrogen (secondary N) is 1. The second-order valence-corrected chi connectivity index (χ2v) is 4.21. The summed E-state index contributed by atoms with van der Waals surface area (Å²) in [6.45, 7) is 3.80. The molecule has 1 rings (SSSR count). The molecule has 1 aromatic carbocycles. The van der Waals surface area contributed by atoms with Crippen LogP contribution in [-0.4, -0.2) is 25.7 Å². The van der Waals surface area contributed by atoms with Crippen molar-refractivity contribution >= 4 is 5.97 Å². The van der Waals surface area contributed by atoms with Crippen molar-refractivity contribution in [1.29, 1.82) is 0 Å². The van der Waals surface area contributed by atoms with Crippen LogP contribution in [0, 0.1) is 5.82 Å². The van der Waals surface area contributed by atoms with E-state index in [0.717, 1.165) is 0 Å². The highest BCUT2D eigenvalue weighted by atomic mass is 19.1. The standard InChI is InChI=1S/C13H17FN4O2/c1-3-20-12(19)13(2,16-8-9-17-18-15)10-6-4-5-7-11(10)14/h4-7,16H,3,8-9H2,1-2H3. The second-order valence-electron chi connectivity index (χ2n) is 4.21. The fourth-order valence-electron chi connectivity index (χ4n) is 1.82. The maximum Gasteiger partial charge on any atom is 0.330 e. The number of esters is 1. The van der Waals surface area contributed by atoms with Crippen molar-refractivity contribution in [3.05, 3.63) is 46.1 Å². The van der Waals surface area contributed by atoms with Crippen LogP contribution in [-0.2, 0) is 15.1 Å². The number of carbonyl (C=O) groups is 1. The molecule has 0 radical (unpaired) electrons. The summed E-state index contributed by atoms with van der Waals surface area (Å²) in [6, 6.07) is 5.99. The van der Waals surface area contributed by atoms with Gasteiger partial charge >= 0.3 is 5.97 Å². The Balaban J connectivity index is 3.03. The molecule has 0 saturated carbocycles. The van der Waals surface area contributed by atoms with E-state index in [-0.39, 0.29) is 25.3 Å². The molecule has 0 saturated heterocycles. The zero-order valence-electron chi connectivity index (χ0n) is 11.5. The zero-order valence-corrected chi connectivity index (χ0v) is 11.5. The molecule has 1 atom stereocenters. The van der Waals surface area contributed by atoms with Gasteiger partial charge in [0.1, 0.15) is 11.4 Å². The van der Waals surface area contributed by atoms with Crippen molar-refractivity contribution in [2.45, 2.75) is 19.4 Å². The summed E-state index contributed by atoms with van der Waals surface area (Å²) in [5.74, 6) is -1.08. The van der Waals surface area contributed by atoms with Crippen LogP contribution in [0.1, 0.15) is 19.4 Å². The third-order valence-corrected chi connectivity index (χ3v) is 2.85. The van der Waals surface area contributed by atoms with Gasteiger partial charge in [-0.1, -0.05) is 23.3 Å². The van der Waals surface area contributed by atoms with Crippen LogP contribution >= 0.6 is 0 Å². The molecule has 0 aliphatic carbocycles. The van der Waals surface area contributed by atoms with Gasteiger partial charge in [-0.15, -0.1) is 0 Å². The predicted octanol–water partition coefficient (Wildman–Crippen LogP) is 2.50. The van der Waals surface area contributed by atoms with Gasteiger partial charge in [-0.05, 0) is 25.4 Å². The quantitative estimate of drug-likeness (QED) is 0.274. The highest BCUT2D eigenvalue weighted by Gasteiger charge is 2.38. The molecule has 0 amide bonds. The Bertz CT molecular complexity index is 517. The first-order chi connectivity index (χ1) is 9.56. The summed E-state index contributed by atoms with van der Waals surface area (Å²) in [7, 11) is 0. The Labute approximate surface area is 116 Å². The number of halogens is 1. The first kappa shape index (κ1) is 15.9. The monoisotopic (exact) mass is 280 g/mol. The van der Waals surface area contributed by atoms with Gasteiger partial charge in [0.05, 0.1) is 6.61 Å². The van der Waals surface area contributed by atoms with Gasteiger partial charge in [-0.25, -0.2) is 9.18 Å². The number of ether oxygens (including phenoxy) is 1. The minimum Gasteiger partial charge on any atom is -0.464 e. The number of azide groups is 1. The number of rotatable bonds is 7. The average molecular weight is 280 g/mol. The summed E-state index contributed by atoms with van der Waals surface area (Å²) in [5, 5.41) is 6.26. The minimum atomic E-state index is -1.33. The lowest BCUT2D eigenvalue weighted by Crippen LogP contribution is -2.49. The van der Waals surface area contributed by atoms with Crippen molar-refractivity contribution < 1.29 is 13.9 Å². The first-order valence-corrected chi connectivity index (χ1v) is 6.24. The molecule has 0 aromatic heterocycles. The molecule has 0 spiro atoms. The van der Waals surface area contributed by atoms with Crippen LogP contribution in [0.25, 0.3) is 10.4 Å². The maximum atomic E-state index is 13.9. The highest BCUT2D eigenvalue weighted by molar-refractivity contribution is 5.82. The van der Waals surface area contributed by atoms with E-state index < -0.39 is 17.3 Å². The molecule has 108 valence electrons. The van der Waals surface area contributed by atoms with Crippen LogP contribution in [0.5, 0.6) is 0 Å². The maximum absolute atomic E-state index is 13.9. The van der Waals surface area contributed by atoms with Crippen molar-refractivity contribution in [3.8, 4) is 0 Å². The lowest BCUT2D eigenvalue weighted by atomic mass is 9.91. The van der Waals surface area contributed by atoms with Gasteiger partial charge in [-0.3, -0.25) is 5.32 Å². The summed E-state index contributed by atoms with van der Waals surface area (Å²) in [5.41, 5.74) is 7.10. The first-order valence-electron chi connectivity index (χ1n) is 6.24. The van der Waals surface area contributed by atoms with E-state index in [1.165, 1.54) is 12.1 Å². The van der Waals surface area contributed by atoms with E-state index in [4.69, 9.17) is 10.3 Å². The summed E-state index contributed by atoms with van der Waals surface area (Å²) in [6.07, 6.45) is 0. The third kappa shape index (κ3) is 3.69. The molecule has 0 aliphatic heterocycles. The van der Waals surface area contributed by atoms with Crippen LogP contribution in [0.3, 0.4) is 0 Å². The molecule has 0 fully saturated rings. The van der Waals surface area contributed by atoms with Gasteiger partial charge in [0.25, 0.3) is 0 Å². The fourth-order valence-corrected chi connectivity index (χ4v) is 1.82. The van der Waals surface area contributed by atoms with E-state index in [0.29, 0.717) is 0 Å². The molecule has 0 aliphatic rings. The second kappa shape index (κ2) is 7.47. The SMILES string of the molecule is CCOC(=O)C(C)(NCCN=[N+]=[N-])c1ccccc1F. The number of hydrogen-bond donors (Lipinski definition) is 1. The Hall–Kier alpha value is -2.11. The van der Waals surface area contributed by atoms with Crippen molar-refractivity contribution in [3.63, 3.8) is 0 Å². The largest absolute Gasteiger partial charge is 0.464 e. The van der Waals surface area contributed by atoms with E-state index in [9.17, 15) is 9.18 Å². The van der Waals surface area contributed by atoms with E-state index in [1.54, 1.807) is 26.0 Å². The van der Waals surface area contributed by atoms with Gasteiger partial charge < -0.3 is 4.74 Å². The molecule has 6 nitrogen and oxygen atoms in total. The Morgan fingerprint density at radius 2 is 2.25 bits per heavy atom. The van der Waals surface area contributed by atoms with Gasteiger partial charge in [-0.2, -0.15) is 0 Å². The van der Waals surface area contributed by atoms with Crippen LogP contribution in [0.4, 0.5) is 4.39 Å². The highest BCUT2D eigenvalue weighted by Crippen LogP contribution is 2.25. The van der Waals surface area contributed by atoms with Crippen molar-refractivity contribution in [2.75, 3.05) is 19.7 Å². The number of benzene rings is 1. The third-order valence-electron chi connectivity index (χ3n) is 2.85. The summed E-state index contributed by atoms with van der Waals surface area (Å²) < 4.78 is 18.9. The van der Waals surface area contributed by atoms with E-state index in [2.05, 4.69) is 15.3 Å². The zero-order chi connectivity index (χ0) is 15.0. The molecule has 0 heterocycles. The molecule has 1 N–H and O–H groups in total. The van der Waals surface area contributed by atoms with Gasteiger partial charge in [0.15, 0.2) is 0 Å². The van der Waals surface area contributed by atoms with E-state index >= 15 is 0 Å². The molecule has 20 heavy (non-hydrogen) atoms. The van der Waals surface area contributed by atoms with Gasteiger partial charge in [0, 0.05) is 23.6 Å². The van der Waals surface area contributed by atoms with Crippen molar-refractivity contribution in [2.24, 2.45) is 5.11 Å². The minimum absolute atomic E-state index is 0.153. The Kier molecular flexibility index (Phi) is 5.96. The molecule has 0 bridgehead atoms. The summed E-state index contributed by atoms with van der Waals surface area (Å²) >= 11 is 0. The van der Waals surface area contributed by atoms with E-state index in [1.807, 2.05) is 0 Å². The number of hydrogen-bond acceptors (Lipinski definition) is 4. The van der Waals surface area contributed by atoms with Crippen molar-refractivity contribution in [1.82, 2.24) is 5.32 Å². The Morgan fingerprint density at radius 3 is 2.85 bits per heavy atom. The molecule has 7 heteroatoms. The molecule has 1 unspecified atom stereocenters. The number of carbonyl (C=O) groups excluding carboxylic acids is 1. The van der Waals surface area contributed by atoms with Crippen LogP contribution < -0.4 is 5.32 Å². The number of nitrogens with zero attached hydrogens (tertiary/aromatic N) is 3. The normalized spacial score (nSPS) is 13.2. The molecule has 1 aromatic rings. The van der Waals surface area contributed by atoms with Crippen LogP contribution in [0.2, 0.25) is 0 Å². The van der Waals surface area contributed by atoms with Gasteiger partial charge in [0.2, 0.25) is 0 Å². The summed E-state index contributed by atoms with van der Waals surface area (Å²) in [4.78, 5) is 14.7. The fraction of sp³-hybridized carbons (Fsp3) is 0.462. The molecular weight excluding hydrogens is 263 g/mol. The average Bonchev–Trinajstić information content (AvgIpc) is 2.44. The smallest absolute Gasteiger partial charge is 0.330 e. The predicted molar refractivity (Wildman–Crippen MR) is 72.4 cm³/mol. The Morgan fingerprint density at radius 1 is 1.55 bits per heavy atom. The lowest BCUT2D eigenvalue weighted by molar-refractivity contribution is -0.151. The topological polar surface area (TPSA) is 87.1 Å². The van der Waals surface area contributed by atoms with Crippen LogP contribution in [0.15, 0.2) is 29.4 Å². The lowest BCUT2D eigenvalue weighted by Gasteiger charge is -2.29.